The van der Waals surface area contributed by atoms with Gasteiger partial charge >= 0.3 is 0 Å². The van der Waals surface area contributed by atoms with Gasteiger partial charge in [0.15, 0.2) is 0 Å². The van der Waals surface area contributed by atoms with Gasteiger partial charge in [-0.2, -0.15) is 0 Å². The standard InChI is InChI=1S/C16H14Cl2N2/c1-10-5-14-16(6-11(10)2)20(9-19-14)15-4-3-12(8-17)7-13(15)18/h3-7,9H,8H2,1-2H3. The molecule has 0 saturated carbocycles. The highest BCUT2D eigenvalue weighted by molar-refractivity contribution is 6.32. The van der Waals surface area contributed by atoms with Crippen molar-refractivity contribution in [1.82, 2.24) is 9.55 Å². The molecule has 102 valence electrons. The topological polar surface area (TPSA) is 17.8 Å². The van der Waals surface area contributed by atoms with Gasteiger partial charge in [-0.15, -0.1) is 11.6 Å². The smallest absolute Gasteiger partial charge is 0.100 e. The van der Waals surface area contributed by atoms with Gasteiger partial charge in [-0.05, 0) is 54.8 Å². The highest BCUT2D eigenvalue weighted by atomic mass is 35.5. The fourth-order valence-electron chi connectivity index (χ4n) is 2.29. The molecule has 1 aromatic heterocycles. The number of rotatable bonds is 2. The van der Waals surface area contributed by atoms with Crippen LogP contribution in [0.2, 0.25) is 5.02 Å². The minimum absolute atomic E-state index is 0.461. The molecule has 0 amide bonds. The van der Waals surface area contributed by atoms with Crippen molar-refractivity contribution in [2.75, 3.05) is 0 Å². The summed E-state index contributed by atoms with van der Waals surface area (Å²) in [6.45, 7) is 4.19. The maximum Gasteiger partial charge on any atom is 0.100 e. The summed E-state index contributed by atoms with van der Waals surface area (Å²) in [6, 6.07) is 10.1. The van der Waals surface area contributed by atoms with Gasteiger partial charge in [-0.25, -0.2) is 4.98 Å². The summed E-state index contributed by atoms with van der Waals surface area (Å²) in [5.74, 6) is 0.461. The van der Waals surface area contributed by atoms with Crippen molar-refractivity contribution < 1.29 is 0 Å². The lowest BCUT2D eigenvalue weighted by atomic mass is 10.1. The van der Waals surface area contributed by atoms with Crippen molar-refractivity contribution in [2.45, 2.75) is 19.7 Å². The number of aryl methyl sites for hydroxylation is 2. The molecule has 0 aliphatic carbocycles. The lowest BCUT2D eigenvalue weighted by Gasteiger charge is -2.09. The molecular formula is C16H14Cl2N2. The highest BCUT2D eigenvalue weighted by Crippen LogP contribution is 2.27. The van der Waals surface area contributed by atoms with Gasteiger partial charge in [0, 0.05) is 5.88 Å². The molecular weight excluding hydrogens is 291 g/mol. The average molecular weight is 305 g/mol. The van der Waals surface area contributed by atoms with Crippen LogP contribution in [0.5, 0.6) is 0 Å². The normalized spacial score (nSPS) is 11.2. The van der Waals surface area contributed by atoms with Crippen LogP contribution in [-0.4, -0.2) is 9.55 Å². The van der Waals surface area contributed by atoms with Gasteiger partial charge < -0.3 is 0 Å². The third-order valence-electron chi connectivity index (χ3n) is 3.59. The molecule has 0 bridgehead atoms. The summed E-state index contributed by atoms with van der Waals surface area (Å²) in [6.07, 6.45) is 1.81. The molecule has 0 spiro atoms. The van der Waals surface area contributed by atoms with Gasteiger partial charge in [-0.3, -0.25) is 4.57 Å². The predicted molar refractivity (Wildman–Crippen MR) is 85.1 cm³/mol. The Morgan fingerprint density at radius 1 is 1.10 bits per heavy atom. The van der Waals surface area contributed by atoms with Gasteiger partial charge in [-0.1, -0.05) is 17.7 Å². The van der Waals surface area contributed by atoms with E-state index in [4.69, 9.17) is 23.2 Å². The summed E-state index contributed by atoms with van der Waals surface area (Å²) in [5.41, 5.74) is 6.46. The quantitative estimate of drug-likeness (QED) is 0.607. The van der Waals surface area contributed by atoms with Crippen molar-refractivity contribution >= 4 is 34.2 Å². The van der Waals surface area contributed by atoms with Crippen LogP contribution in [0.4, 0.5) is 0 Å². The number of imidazole rings is 1. The van der Waals surface area contributed by atoms with Crippen molar-refractivity contribution in [2.24, 2.45) is 0 Å². The Morgan fingerprint density at radius 2 is 1.85 bits per heavy atom. The van der Waals surface area contributed by atoms with E-state index in [2.05, 4.69) is 31.0 Å². The van der Waals surface area contributed by atoms with Gasteiger partial charge in [0.25, 0.3) is 0 Å². The molecule has 1 heterocycles. The zero-order valence-electron chi connectivity index (χ0n) is 11.3. The van der Waals surface area contributed by atoms with Crippen LogP contribution in [0.1, 0.15) is 16.7 Å². The molecule has 3 rings (SSSR count). The zero-order chi connectivity index (χ0) is 14.3. The summed E-state index contributed by atoms with van der Waals surface area (Å²) >= 11 is 12.2. The van der Waals surface area contributed by atoms with Gasteiger partial charge in [0.1, 0.15) is 6.33 Å². The zero-order valence-corrected chi connectivity index (χ0v) is 12.8. The number of hydrogen-bond donors (Lipinski definition) is 0. The Morgan fingerprint density at radius 3 is 2.55 bits per heavy atom. The molecule has 2 aromatic carbocycles. The first kappa shape index (κ1) is 13.5. The van der Waals surface area contributed by atoms with Crippen molar-refractivity contribution in [1.29, 1.82) is 0 Å². The minimum Gasteiger partial charge on any atom is -0.297 e. The monoisotopic (exact) mass is 304 g/mol. The molecule has 0 atom stereocenters. The number of alkyl halides is 1. The third-order valence-corrected chi connectivity index (χ3v) is 4.20. The van der Waals surface area contributed by atoms with Crippen LogP contribution in [0.3, 0.4) is 0 Å². The molecule has 0 aliphatic rings. The van der Waals surface area contributed by atoms with E-state index in [9.17, 15) is 0 Å². The second kappa shape index (κ2) is 5.12. The summed E-state index contributed by atoms with van der Waals surface area (Å²) in [7, 11) is 0. The molecule has 0 radical (unpaired) electrons. The Balaban J connectivity index is 2.22. The van der Waals surface area contributed by atoms with Gasteiger partial charge in [0.2, 0.25) is 0 Å². The molecule has 0 N–H and O–H groups in total. The Kier molecular flexibility index (Phi) is 3.45. The largest absolute Gasteiger partial charge is 0.297 e. The van der Waals surface area contributed by atoms with E-state index in [1.807, 2.05) is 29.1 Å². The Bertz CT molecular complexity index is 791. The van der Waals surface area contributed by atoms with Gasteiger partial charge in [0.05, 0.1) is 21.7 Å². The van der Waals surface area contributed by atoms with Crippen LogP contribution < -0.4 is 0 Å². The lowest BCUT2D eigenvalue weighted by Crippen LogP contribution is -1.95. The number of nitrogens with zero attached hydrogens (tertiary/aromatic N) is 2. The average Bonchev–Trinajstić information content (AvgIpc) is 2.82. The first-order valence-corrected chi connectivity index (χ1v) is 7.30. The van der Waals surface area contributed by atoms with E-state index in [0.717, 1.165) is 22.3 Å². The number of fused-ring (bicyclic) bond motifs is 1. The van der Waals surface area contributed by atoms with Crippen molar-refractivity contribution in [3.63, 3.8) is 0 Å². The van der Waals surface area contributed by atoms with Crippen LogP contribution in [-0.2, 0) is 5.88 Å². The van der Waals surface area contributed by atoms with Crippen LogP contribution in [0, 0.1) is 13.8 Å². The molecule has 0 saturated heterocycles. The lowest BCUT2D eigenvalue weighted by molar-refractivity contribution is 1.09. The Hall–Kier alpha value is -1.51. The fraction of sp³-hybridized carbons (Fsp3) is 0.188. The molecule has 0 fully saturated rings. The van der Waals surface area contributed by atoms with E-state index in [1.165, 1.54) is 11.1 Å². The first-order valence-electron chi connectivity index (χ1n) is 6.39. The third kappa shape index (κ3) is 2.19. The molecule has 3 aromatic rings. The van der Waals surface area contributed by atoms with Crippen LogP contribution >= 0.6 is 23.2 Å². The van der Waals surface area contributed by atoms with Crippen molar-refractivity contribution in [3.05, 3.63) is 58.4 Å². The van der Waals surface area contributed by atoms with E-state index in [1.54, 1.807) is 0 Å². The summed E-state index contributed by atoms with van der Waals surface area (Å²) in [5, 5.41) is 0.681. The second-order valence-corrected chi connectivity index (χ2v) is 5.63. The Labute approximate surface area is 128 Å². The van der Waals surface area contributed by atoms with Crippen LogP contribution in [0.25, 0.3) is 16.7 Å². The predicted octanol–water partition coefficient (Wildman–Crippen LogP) is 5.03. The molecule has 0 unspecified atom stereocenters. The number of hydrogen-bond acceptors (Lipinski definition) is 1. The molecule has 4 heteroatoms. The molecule has 2 nitrogen and oxygen atoms in total. The number of benzene rings is 2. The van der Waals surface area contributed by atoms with E-state index in [-0.39, 0.29) is 0 Å². The number of halogens is 2. The summed E-state index contributed by atoms with van der Waals surface area (Å²) in [4.78, 5) is 4.46. The van der Waals surface area contributed by atoms with Crippen molar-refractivity contribution in [3.8, 4) is 5.69 Å². The fourth-order valence-corrected chi connectivity index (χ4v) is 2.75. The second-order valence-electron chi connectivity index (χ2n) is 4.96. The van der Waals surface area contributed by atoms with Crippen LogP contribution in [0.15, 0.2) is 36.7 Å². The SMILES string of the molecule is Cc1cc2ncn(-c3ccc(CCl)cc3Cl)c2cc1C. The maximum atomic E-state index is 6.36. The maximum absolute atomic E-state index is 6.36. The first-order chi connectivity index (χ1) is 9.60. The van der Waals surface area contributed by atoms with E-state index in [0.29, 0.717) is 10.9 Å². The number of aromatic nitrogens is 2. The van der Waals surface area contributed by atoms with E-state index < -0.39 is 0 Å². The highest BCUT2D eigenvalue weighted by Gasteiger charge is 2.09. The summed E-state index contributed by atoms with van der Waals surface area (Å²) < 4.78 is 2.02. The minimum atomic E-state index is 0.461. The molecule has 0 aliphatic heterocycles. The molecule has 20 heavy (non-hydrogen) atoms. The van der Waals surface area contributed by atoms with E-state index >= 15 is 0 Å².